The summed E-state index contributed by atoms with van der Waals surface area (Å²) in [6.07, 6.45) is 4.39. The van der Waals surface area contributed by atoms with Crippen LogP contribution in [0.15, 0.2) is 12.3 Å². The van der Waals surface area contributed by atoms with Crippen LogP contribution in [-0.4, -0.2) is 22.3 Å². The molecular formula is C10H12N4O. The SMILES string of the molecule is N#Cc1ccnnc1OC1CCCC1N. The molecule has 0 aromatic carbocycles. The fraction of sp³-hybridized carbons (Fsp3) is 0.500. The molecule has 1 heterocycles. The highest BCUT2D eigenvalue weighted by atomic mass is 16.5. The Balaban J connectivity index is 2.14. The molecule has 2 N–H and O–H groups in total. The molecule has 2 unspecified atom stereocenters. The fourth-order valence-electron chi connectivity index (χ4n) is 1.74. The molecule has 1 aromatic rings. The maximum Gasteiger partial charge on any atom is 0.251 e. The third-order valence-electron chi connectivity index (χ3n) is 2.57. The van der Waals surface area contributed by atoms with Crippen molar-refractivity contribution in [3.63, 3.8) is 0 Å². The van der Waals surface area contributed by atoms with Gasteiger partial charge in [0.1, 0.15) is 17.7 Å². The van der Waals surface area contributed by atoms with Crippen LogP contribution in [0.2, 0.25) is 0 Å². The van der Waals surface area contributed by atoms with E-state index in [1.807, 2.05) is 6.07 Å². The molecule has 0 radical (unpaired) electrons. The Kier molecular flexibility index (Phi) is 2.79. The van der Waals surface area contributed by atoms with Crippen molar-refractivity contribution < 1.29 is 4.74 Å². The predicted molar refractivity (Wildman–Crippen MR) is 53.0 cm³/mol. The van der Waals surface area contributed by atoms with Gasteiger partial charge < -0.3 is 10.5 Å². The minimum Gasteiger partial charge on any atom is -0.471 e. The molecule has 2 rings (SSSR count). The Hall–Kier alpha value is -1.67. The zero-order valence-corrected chi connectivity index (χ0v) is 8.26. The van der Waals surface area contributed by atoms with Crippen molar-refractivity contribution in [2.24, 2.45) is 5.73 Å². The molecule has 0 saturated heterocycles. The average molecular weight is 204 g/mol. The van der Waals surface area contributed by atoms with E-state index in [4.69, 9.17) is 15.7 Å². The van der Waals surface area contributed by atoms with Gasteiger partial charge in [-0.05, 0) is 25.3 Å². The van der Waals surface area contributed by atoms with E-state index in [2.05, 4.69) is 10.2 Å². The van der Waals surface area contributed by atoms with Crippen LogP contribution in [0.4, 0.5) is 0 Å². The van der Waals surface area contributed by atoms with Gasteiger partial charge in [0.2, 0.25) is 0 Å². The molecule has 0 aliphatic heterocycles. The van der Waals surface area contributed by atoms with Crippen LogP contribution in [0, 0.1) is 11.3 Å². The van der Waals surface area contributed by atoms with Crippen molar-refractivity contribution in [3.05, 3.63) is 17.8 Å². The molecule has 1 aliphatic carbocycles. The number of rotatable bonds is 2. The first-order valence-corrected chi connectivity index (χ1v) is 4.95. The first kappa shape index (κ1) is 9.87. The molecule has 0 spiro atoms. The Bertz CT molecular complexity index is 387. The highest BCUT2D eigenvalue weighted by molar-refractivity contribution is 5.35. The number of nitriles is 1. The molecule has 15 heavy (non-hydrogen) atoms. The smallest absolute Gasteiger partial charge is 0.251 e. The first-order chi connectivity index (χ1) is 7.31. The van der Waals surface area contributed by atoms with Gasteiger partial charge in [-0.25, -0.2) is 0 Å². The molecule has 0 bridgehead atoms. The molecule has 1 aliphatic rings. The van der Waals surface area contributed by atoms with Crippen molar-refractivity contribution in [1.82, 2.24) is 10.2 Å². The molecule has 1 aromatic heterocycles. The van der Waals surface area contributed by atoms with Crippen LogP contribution < -0.4 is 10.5 Å². The van der Waals surface area contributed by atoms with E-state index in [-0.39, 0.29) is 12.1 Å². The number of hydrogen-bond donors (Lipinski definition) is 1. The maximum absolute atomic E-state index is 8.83. The van der Waals surface area contributed by atoms with E-state index in [0.717, 1.165) is 19.3 Å². The van der Waals surface area contributed by atoms with Crippen molar-refractivity contribution in [1.29, 1.82) is 5.26 Å². The second-order valence-corrected chi connectivity index (χ2v) is 3.61. The number of hydrogen-bond acceptors (Lipinski definition) is 5. The molecule has 1 saturated carbocycles. The number of aromatic nitrogens is 2. The molecule has 5 heteroatoms. The molecular weight excluding hydrogens is 192 g/mol. The highest BCUT2D eigenvalue weighted by Crippen LogP contribution is 2.23. The number of nitrogens with zero attached hydrogens (tertiary/aromatic N) is 3. The molecule has 0 amide bonds. The first-order valence-electron chi connectivity index (χ1n) is 4.95. The van der Waals surface area contributed by atoms with Gasteiger partial charge in [-0.15, -0.1) is 5.10 Å². The highest BCUT2D eigenvalue weighted by Gasteiger charge is 2.26. The standard InChI is InChI=1S/C10H12N4O/c11-6-7-4-5-13-14-10(7)15-9-3-1-2-8(9)12/h4-5,8-9H,1-3,12H2. The monoisotopic (exact) mass is 204 g/mol. The van der Waals surface area contributed by atoms with E-state index in [0.29, 0.717) is 11.4 Å². The quantitative estimate of drug-likeness (QED) is 0.762. The lowest BCUT2D eigenvalue weighted by molar-refractivity contribution is 0.181. The van der Waals surface area contributed by atoms with Crippen LogP contribution in [0.3, 0.4) is 0 Å². The summed E-state index contributed by atoms with van der Waals surface area (Å²) in [6, 6.07) is 3.64. The van der Waals surface area contributed by atoms with E-state index in [1.54, 1.807) is 6.07 Å². The summed E-state index contributed by atoms with van der Waals surface area (Å²) in [7, 11) is 0. The van der Waals surface area contributed by atoms with Crippen LogP contribution >= 0.6 is 0 Å². The molecule has 5 nitrogen and oxygen atoms in total. The lowest BCUT2D eigenvalue weighted by Crippen LogP contribution is -2.34. The third-order valence-corrected chi connectivity index (χ3v) is 2.57. The van der Waals surface area contributed by atoms with Gasteiger partial charge in [-0.2, -0.15) is 10.4 Å². The summed E-state index contributed by atoms with van der Waals surface area (Å²) in [6.45, 7) is 0. The number of ether oxygens (including phenoxy) is 1. The summed E-state index contributed by atoms with van der Waals surface area (Å²) < 4.78 is 5.59. The lowest BCUT2D eigenvalue weighted by Gasteiger charge is -2.16. The lowest BCUT2D eigenvalue weighted by atomic mass is 10.2. The minimum absolute atomic E-state index is 0.0335. The Morgan fingerprint density at radius 2 is 2.40 bits per heavy atom. The largest absolute Gasteiger partial charge is 0.471 e. The Morgan fingerprint density at radius 1 is 1.53 bits per heavy atom. The van der Waals surface area contributed by atoms with Crippen molar-refractivity contribution >= 4 is 0 Å². The van der Waals surface area contributed by atoms with Gasteiger partial charge in [0.05, 0.1) is 6.20 Å². The minimum atomic E-state index is -0.0335. The van der Waals surface area contributed by atoms with E-state index in [9.17, 15) is 0 Å². The van der Waals surface area contributed by atoms with Crippen molar-refractivity contribution in [3.8, 4) is 11.9 Å². The van der Waals surface area contributed by atoms with Crippen molar-refractivity contribution in [2.45, 2.75) is 31.4 Å². The third kappa shape index (κ3) is 2.05. The van der Waals surface area contributed by atoms with Crippen LogP contribution in [-0.2, 0) is 0 Å². The van der Waals surface area contributed by atoms with Gasteiger partial charge in [-0.3, -0.25) is 0 Å². The predicted octanol–water partition coefficient (Wildman–Crippen LogP) is 0.607. The van der Waals surface area contributed by atoms with E-state index >= 15 is 0 Å². The second kappa shape index (κ2) is 4.24. The van der Waals surface area contributed by atoms with E-state index < -0.39 is 0 Å². The van der Waals surface area contributed by atoms with E-state index in [1.165, 1.54) is 6.20 Å². The van der Waals surface area contributed by atoms with Gasteiger partial charge in [0, 0.05) is 6.04 Å². The second-order valence-electron chi connectivity index (χ2n) is 3.61. The van der Waals surface area contributed by atoms with Crippen LogP contribution in [0.25, 0.3) is 0 Å². The van der Waals surface area contributed by atoms with Crippen molar-refractivity contribution in [2.75, 3.05) is 0 Å². The topological polar surface area (TPSA) is 84.8 Å². The maximum atomic E-state index is 8.83. The Morgan fingerprint density at radius 3 is 3.07 bits per heavy atom. The zero-order valence-electron chi connectivity index (χ0n) is 8.26. The van der Waals surface area contributed by atoms with Crippen LogP contribution in [0.5, 0.6) is 5.88 Å². The van der Waals surface area contributed by atoms with Gasteiger partial charge in [0.25, 0.3) is 5.88 Å². The normalized spacial score (nSPS) is 24.8. The summed E-state index contributed by atoms with van der Waals surface area (Å²) in [4.78, 5) is 0. The molecule has 78 valence electrons. The van der Waals surface area contributed by atoms with Gasteiger partial charge in [0.15, 0.2) is 0 Å². The molecule has 1 fully saturated rings. The summed E-state index contributed by atoms with van der Waals surface area (Å²) in [5.41, 5.74) is 6.27. The summed E-state index contributed by atoms with van der Waals surface area (Å²) >= 11 is 0. The van der Waals surface area contributed by atoms with Crippen LogP contribution in [0.1, 0.15) is 24.8 Å². The zero-order chi connectivity index (χ0) is 10.7. The fourth-order valence-corrected chi connectivity index (χ4v) is 1.74. The van der Waals surface area contributed by atoms with Gasteiger partial charge in [-0.1, -0.05) is 0 Å². The average Bonchev–Trinajstić information content (AvgIpc) is 2.65. The molecule has 2 atom stereocenters. The summed E-state index contributed by atoms with van der Waals surface area (Å²) in [5, 5.41) is 16.3. The summed E-state index contributed by atoms with van der Waals surface area (Å²) in [5.74, 6) is 0.294. The number of nitrogens with two attached hydrogens (primary N) is 1. The Labute approximate surface area is 87.9 Å². The van der Waals surface area contributed by atoms with Gasteiger partial charge >= 0.3 is 0 Å².